The Bertz CT molecular complexity index is 1200. The Morgan fingerprint density at radius 2 is 1.91 bits per heavy atom. The molecule has 0 saturated carbocycles. The molecule has 1 N–H and O–H groups in total. The van der Waals surface area contributed by atoms with E-state index < -0.39 is 23.7 Å². The maximum absolute atomic E-state index is 13.2. The summed E-state index contributed by atoms with van der Waals surface area (Å²) in [6.45, 7) is 3.68. The number of amides is 1. The molecule has 1 atom stereocenters. The summed E-state index contributed by atoms with van der Waals surface area (Å²) < 4.78 is 5.20. The number of hydrogen-bond acceptors (Lipinski definition) is 7. The number of esters is 1. The smallest absolute Gasteiger partial charge is 0.338 e. The van der Waals surface area contributed by atoms with Crippen molar-refractivity contribution in [2.45, 2.75) is 32.5 Å². The number of Topliss-reactive ketones (excluding diaryl/α,β-unsaturated/α-hetero) is 1. The molecule has 0 fully saturated rings. The van der Waals surface area contributed by atoms with Crippen molar-refractivity contribution in [3.05, 3.63) is 99.2 Å². The van der Waals surface area contributed by atoms with Crippen LogP contribution in [0.3, 0.4) is 0 Å². The van der Waals surface area contributed by atoms with Gasteiger partial charge in [0.1, 0.15) is 0 Å². The van der Waals surface area contributed by atoms with Gasteiger partial charge in [-0.3, -0.25) is 14.6 Å². The number of carbonyl (C=O) groups is 3. The molecule has 1 aromatic carbocycles. The van der Waals surface area contributed by atoms with Gasteiger partial charge in [-0.1, -0.05) is 24.3 Å². The monoisotopic (exact) mass is 462 g/mol. The van der Waals surface area contributed by atoms with E-state index in [1.54, 1.807) is 80.2 Å². The molecule has 8 heteroatoms. The van der Waals surface area contributed by atoms with Crippen LogP contribution in [0.2, 0.25) is 0 Å². The number of rotatable bonds is 7. The highest BCUT2D eigenvalue weighted by molar-refractivity contribution is 7.12. The molecule has 33 heavy (non-hydrogen) atoms. The molecular formula is C25H22N2O5S. The first kappa shape index (κ1) is 22.4. The number of nitrogens with zero attached hydrogens (tertiary/aromatic N) is 2. The van der Waals surface area contributed by atoms with Crippen LogP contribution < -0.4 is 0 Å². The lowest BCUT2D eigenvalue weighted by Gasteiger charge is -2.26. The second-order valence-electron chi connectivity index (χ2n) is 7.84. The Morgan fingerprint density at radius 1 is 1.15 bits per heavy atom. The summed E-state index contributed by atoms with van der Waals surface area (Å²) >= 11 is 1.25. The van der Waals surface area contributed by atoms with Crippen LogP contribution in [-0.2, 0) is 16.1 Å². The fraction of sp³-hybridized carbons (Fsp3) is 0.200. The average Bonchev–Trinajstić information content (AvgIpc) is 3.43. The molecular weight excluding hydrogens is 440 g/mol. The van der Waals surface area contributed by atoms with E-state index in [2.05, 4.69) is 4.98 Å². The third-order valence-electron chi connectivity index (χ3n) is 5.18. The van der Waals surface area contributed by atoms with Crippen LogP contribution in [0.15, 0.2) is 77.6 Å². The molecule has 168 valence electrons. The molecule has 3 aromatic rings. The molecule has 0 bridgehead atoms. The third-order valence-corrected chi connectivity index (χ3v) is 6.05. The summed E-state index contributed by atoms with van der Waals surface area (Å²) in [7, 11) is 0. The fourth-order valence-electron chi connectivity index (χ4n) is 3.70. The van der Waals surface area contributed by atoms with Crippen LogP contribution >= 0.6 is 11.3 Å². The van der Waals surface area contributed by atoms with Crippen molar-refractivity contribution in [2.75, 3.05) is 0 Å². The predicted molar refractivity (Wildman–Crippen MR) is 123 cm³/mol. The number of thiophene rings is 1. The van der Waals surface area contributed by atoms with Gasteiger partial charge in [-0.05, 0) is 54.6 Å². The van der Waals surface area contributed by atoms with Crippen LogP contribution in [0.4, 0.5) is 0 Å². The SMILES string of the molecule is CC(C)OC(=O)c1ccc(CN2C(=O)C(O)=C(C(=O)c3cccs3)C2c2cccnc2)cc1. The summed E-state index contributed by atoms with van der Waals surface area (Å²) in [4.78, 5) is 44.4. The van der Waals surface area contributed by atoms with Gasteiger partial charge < -0.3 is 14.7 Å². The van der Waals surface area contributed by atoms with E-state index in [0.717, 1.165) is 5.56 Å². The fourth-order valence-corrected chi connectivity index (χ4v) is 4.38. The third kappa shape index (κ3) is 4.56. The number of aromatic nitrogens is 1. The number of ketones is 1. The maximum atomic E-state index is 13.2. The Hall–Kier alpha value is -3.78. The Morgan fingerprint density at radius 3 is 2.52 bits per heavy atom. The minimum atomic E-state index is -0.786. The lowest BCUT2D eigenvalue weighted by atomic mass is 9.96. The molecule has 7 nitrogen and oxygen atoms in total. The van der Waals surface area contributed by atoms with Crippen LogP contribution in [0.5, 0.6) is 0 Å². The second-order valence-corrected chi connectivity index (χ2v) is 8.79. The molecule has 1 aliphatic heterocycles. The van der Waals surface area contributed by atoms with Crippen molar-refractivity contribution in [1.29, 1.82) is 0 Å². The van der Waals surface area contributed by atoms with Gasteiger partial charge in [-0.25, -0.2) is 4.79 Å². The van der Waals surface area contributed by atoms with Gasteiger partial charge in [0, 0.05) is 18.9 Å². The zero-order valence-corrected chi connectivity index (χ0v) is 18.9. The first-order chi connectivity index (χ1) is 15.9. The Labute approximate surface area is 195 Å². The lowest BCUT2D eigenvalue weighted by molar-refractivity contribution is -0.130. The first-order valence-corrected chi connectivity index (χ1v) is 11.3. The first-order valence-electron chi connectivity index (χ1n) is 10.4. The van der Waals surface area contributed by atoms with Gasteiger partial charge in [0.25, 0.3) is 5.91 Å². The minimum absolute atomic E-state index is 0.0348. The summed E-state index contributed by atoms with van der Waals surface area (Å²) in [6, 6.07) is 12.8. The van der Waals surface area contributed by atoms with Crippen LogP contribution in [0.1, 0.15) is 51.0 Å². The van der Waals surface area contributed by atoms with Crippen molar-refractivity contribution < 1.29 is 24.2 Å². The summed E-state index contributed by atoms with van der Waals surface area (Å²) in [5.74, 6) is -2.00. The van der Waals surface area contributed by atoms with Gasteiger partial charge >= 0.3 is 5.97 Å². The van der Waals surface area contributed by atoms with E-state index in [1.807, 2.05) is 0 Å². The molecule has 0 radical (unpaired) electrons. The number of carbonyl (C=O) groups excluding carboxylic acids is 3. The Balaban J connectivity index is 1.66. The van der Waals surface area contributed by atoms with Crippen LogP contribution in [0, 0.1) is 0 Å². The molecule has 2 aromatic heterocycles. The number of aliphatic hydroxyl groups excluding tert-OH is 1. The molecule has 1 unspecified atom stereocenters. The average molecular weight is 463 g/mol. The van der Waals surface area contributed by atoms with Gasteiger partial charge in [-0.2, -0.15) is 0 Å². The van der Waals surface area contributed by atoms with Crippen molar-refractivity contribution in [3.8, 4) is 0 Å². The predicted octanol–water partition coefficient (Wildman–Crippen LogP) is 4.49. The molecule has 0 saturated heterocycles. The Kier molecular flexibility index (Phi) is 6.37. The van der Waals surface area contributed by atoms with Gasteiger partial charge in [0.05, 0.1) is 28.2 Å². The van der Waals surface area contributed by atoms with Gasteiger partial charge in [0.15, 0.2) is 5.76 Å². The van der Waals surface area contributed by atoms with Gasteiger partial charge in [-0.15, -0.1) is 11.3 Å². The molecule has 4 rings (SSSR count). The zero-order valence-electron chi connectivity index (χ0n) is 18.1. The van der Waals surface area contributed by atoms with Gasteiger partial charge in [0.2, 0.25) is 5.78 Å². The topological polar surface area (TPSA) is 96.8 Å². The lowest BCUT2D eigenvalue weighted by Crippen LogP contribution is -2.30. The molecule has 1 aliphatic rings. The standard InChI is InChI=1S/C25H22N2O5S/c1-15(2)32-25(31)17-9-7-16(8-10-17)14-27-21(18-5-3-11-26-13-18)20(23(29)24(27)30)22(28)19-6-4-12-33-19/h3-13,15,21,29H,14H2,1-2H3. The highest BCUT2D eigenvalue weighted by Crippen LogP contribution is 2.40. The van der Waals surface area contributed by atoms with Crippen molar-refractivity contribution in [2.24, 2.45) is 0 Å². The van der Waals surface area contributed by atoms with E-state index in [4.69, 9.17) is 4.74 Å². The maximum Gasteiger partial charge on any atom is 0.338 e. The van der Waals surface area contributed by atoms with E-state index in [-0.39, 0.29) is 24.0 Å². The largest absolute Gasteiger partial charge is 0.503 e. The van der Waals surface area contributed by atoms with Crippen molar-refractivity contribution in [3.63, 3.8) is 0 Å². The highest BCUT2D eigenvalue weighted by Gasteiger charge is 2.44. The number of benzene rings is 1. The van der Waals surface area contributed by atoms with E-state index in [9.17, 15) is 19.5 Å². The zero-order chi connectivity index (χ0) is 23.5. The quantitative estimate of drug-likeness (QED) is 0.411. The second kappa shape index (κ2) is 9.38. The van der Waals surface area contributed by atoms with E-state index in [0.29, 0.717) is 16.0 Å². The van der Waals surface area contributed by atoms with Crippen LogP contribution in [-0.4, -0.2) is 38.8 Å². The van der Waals surface area contributed by atoms with E-state index >= 15 is 0 Å². The molecule has 3 heterocycles. The molecule has 1 amide bonds. The van der Waals surface area contributed by atoms with Crippen molar-refractivity contribution in [1.82, 2.24) is 9.88 Å². The number of ether oxygens (including phenoxy) is 1. The number of hydrogen-bond donors (Lipinski definition) is 1. The summed E-state index contributed by atoms with van der Waals surface area (Å²) in [5.41, 5.74) is 1.79. The summed E-state index contributed by atoms with van der Waals surface area (Å²) in [6.07, 6.45) is 2.95. The molecule has 0 aliphatic carbocycles. The highest BCUT2D eigenvalue weighted by atomic mass is 32.1. The minimum Gasteiger partial charge on any atom is -0.503 e. The molecule has 0 spiro atoms. The summed E-state index contributed by atoms with van der Waals surface area (Å²) in [5, 5.41) is 12.5. The number of pyridine rings is 1. The normalized spacial score (nSPS) is 15.9. The van der Waals surface area contributed by atoms with E-state index in [1.165, 1.54) is 16.2 Å². The van der Waals surface area contributed by atoms with Crippen LogP contribution in [0.25, 0.3) is 0 Å². The van der Waals surface area contributed by atoms with Crippen molar-refractivity contribution >= 4 is 29.0 Å². The number of aliphatic hydroxyl groups is 1.